The van der Waals surface area contributed by atoms with Gasteiger partial charge in [-0.3, -0.25) is 9.59 Å². The molecule has 1 unspecified atom stereocenters. The molecule has 28 heavy (non-hydrogen) atoms. The van der Waals surface area contributed by atoms with Crippen molar-refractivity contribution in [3.05, 3.63) is 48.5 Å². The van der Waals surface area contributed by atoms with Crippen LogP contribution in [0.5, 0.6) is 11.5 Å². The molecule has 0 bridgehead atoms. The Balaban J connectivity index is 1.64. The van der Waals surface area contributed by atoms with Crippen LogP contribution in [-0.4, -0.2) is 38.1 Å². The molecule has 1 heterocycles. The van der Waals surface area contributed by atoms with E-state index in [-0.39, 0.29) is 18.2 Å². The molecule has 7 nitrogen and oxygen atoms in total. The minimum absolute atomic E-state index is 0.0853. The summed E-state index contributed by atoms with van der Waals surface area (Å²) in [5.74, 6) is 0.652. The quantitative estimate of drug-likeness (QED) is 0.730. The molecule has 2 aromatic rings. The summed E-state index contributed by atoms with van der Waals surface area (Å²) in [6.45, 7) is 3.61. The van der Waals surface area contributed by atoms with Crippen molar-refractivity contribution in [2.75, 3.05) is 36.5 Å². The molecular formula is C21H25N3O4. The second-order valence-corrected chi connectivity index (χ2v) is 6.46. The maximum absolute atomic E-state index is 12.6. The predicted octanol–water partition coefficient (Wildman–Crippen LogP) is 2.41. The molecule has 0 spiro atoms. The van der Waals surface area contributed by atoms with Gasteiger partial charge in [0.2, 0.25) is 11.8 Å². The molecule has 3 rings (SSSR count). The van der Waals surface area contributed by atoms with E-state index in [1.54, 1.807) is 29.2 Å². The van der Waals surface area contributed by atoms with E-state index in [1.807, 2.05) is 31.2 Å². The van der Waals surface area contributed by atoms with Crippen molar-refractivity contribution < 1.29 is 19.1 Å². The molecule has 0 aromatic heterocycles. The van der Waals surface area contributed by atoms with E-state index in [0.29, 0.717) is 49.2 Å². The predicted molar refractivity (Wildman–Crippen MR) is 108 cm³/mol. The first-order valence-corrected chi connectivity index (χ1v) is 9.38. The Bertz CT molecular complexity index is 823. The van der Waals surface area contributed by atoms with Gasteiger partial charge >= 0.3 is 0 Å². The zero-order chi connectivity index (χ0) is 19.9. The second kappa shape index (κ2) is 9.23. The van der Waals surface area contributed by atoms with Crippen molar-refractivity contribution in [1.29, 1.82) is 0 Å². The molecule has 0 radical (unpaired) electrons. The van der Waals surface area contributed by atoms with Crippen molar-refractivity contribution in [3.8, 4) is 11.5 Å². The van der Waals surface area contributed by atoms with Crippen molar-refractivity contribution in [2.24, 2.45) is 11.7 Å². The summed E-state index contributed by atoms with van der Waals surface area (Å²) < 4.78 is 11.0. The van der Waals surface area contributed by atoms with Gasteiger partial charge in [0.15, 0.2) is 0 Å². The Morgan fingerprint density at radius 3 is 2.64 bits per heavy atom. The first-order valence-electron chi connectivity index (χ1n) is 9.38. The normalized spacial score (nSPS) is 16.1. The van der Waals surface area contributed by atoms with Crippen molar-refractivity contribution in [2.45, 2.75) is 13.3 Å². The molecule has 0 aliphatic carbocycles. The van der Waals surface area contributed by atoms with Gasteiger partial charge in [-0.15, -0.1) is 0 Å². The van der Waals surface area contributed by atoms with Gasteiger partial charge < -0.3 is 25.4 Å². The summed E-state index contributed by atoms with van der Waals surface area (Å²) in [6, 6.07) is 14.5. The SMILES string of the molecule is CCOc1ccccc1N1CC(C(=O)Nc2ccc(OCCN)cc2)CC1=O. The summed E-state index contributed by atoms with van der Waals surface area (Å²) >= 11 is 0. The number of amides is 2. The number of anilines is 2. The molecule has 148 valence electrons. The van der Waals surface area contributed by atoms with E-state index in [2.05, 4.69) is 5.32 Å². The van der Waals surface area contributed by atoms with E-state index in [1.165, 1.54) is 0 Å². The molecule has 1 atom stereocenters. The number of carbonyl (C=O) groups is 2. The average molecular weight is 383 g/mol. The van der Waals surface area contributed by atoms with Crippen molar-refractivity contribution >= 4 is 23.2 Å². The first-order chi connectivity index (χ1) is 13.6. The lowest BCUT2D eigenvalue weighted by molar-refractivity contribution is -0.122. The highest BCUT2D eigenvalue weighted by atomic mass is 16.5. The van der Waals surface area contributed by atoms with Crippen LogP contribution >= 0.6 is 0 Å². The highest BCUT2D eigenvalue weighted by Crippen LogP contribution is 2.33. The number of rotatable bonds is 8. The van der Waals surface area contributed by atoms with Gasteiger partial charge in [-0.1, -0.05) is 12.1 Å². The Kier molecular flexibility index (Phi) is 6.49. The molecule has 3 N–H and O–H groups in total. The summed E-state index contributed by atoms with van der Waals surface area (Å²) in [6.07, 6.45) is 0.171. The van der Waals surface area contributed by atoms with Gasteiger partial charge in [0.1, 0.15) is 18.1 Å². The highest BCUT2D eigenvalue weighted by Gasteiger charge is 2.36. The third-order valence-corrected chi connectivity index (χ3v) is 4.46. The maximum Gasteiger partial charge on any atom is 0.229 e. The van der Waals surface area contributed by atoms with Crippen molar-refractivity contribution in [3.63, 3.8) is 0 Å². The van der Waals surface area contributed by atoms with Gasteiger partial charge in [-0.2, -0.15) is 0 Å². The summed E-state index contributed by atoms with van der Waals surface area (Å²) in [5, 5.41) is 2.87. The van der Waals surface area contributed by atoms with Crippen LogP contribution in [0.3, 0.4) is 0 Å². The number of nitrogens with two attached hydrogens (primary N) is 1. The Hall–Kier alpha value is -3.06. The fraction of sp³-hybridized carbons (Fsp3) is 0.333. The van der Waals surface area contributed by atoms with Crippen LogP contribution < -0.4 is 25.4 Å². The number of nitrogens with one attached hydrogen (secondary N) is 1. The molecule has 2 amide bonds. The maximum atomic E-state index is 12.6. The third kappa shape index (κ3) is 4.61. The number of carbonyl (C=O) groups excluding carboxylic acids is 2. The molecule has 7 heteroatoms. The van der Waals surface area contributed by atoms with E-state index in [0.717, 1.165) is 0 Å². The van der Waals surface area contributed by atoms with Crippen LogP contribution in [0.2, 0.25) is 0 Å². The number of hydrogen-bond acceptors (Lipinski definition) is 5. The summed E-state index contributed by atoms with van der Waals surface area (Å²) in [5.41, 5.74) is 6.77. The minimum Gasteiger partial charge on any atom is -0.492 e. The molecule has 1 fully saturated rings. The van der Waals surface area contributed by atoms with E-state index < -0.39 is 5.92 Å². The molecule has 0 saturated carbocycles. The van der Waals surface area contributed by atoms with E-state index in [4.69, 9.17) is 15.2 Å². The molecule has 1 aliphatic rings. The fourth-order valence-electron chi connectivity index (χ4n) is 3.13. The van der Waals surface area contributed by atoms with Crippen LogP contribution in [0.25, 0.3) is 0 Å². The Morgan fingerprint density at radius 2 is 1.93 bits per heavy atom. The van der Waals surface area contributed by atoms with Crippen LogP contribution in [-0.2, 0) is 9.59 Å². The van der Waals surface area contributed by atoms with Crippen LogP contribution in [0.15, 0.2) is 48.5 Å². The number of hydrogen-bond donors (Lipinski definition) is 2. The number of ether oxygens (including phenoxy) is 2. The lowest BCUT2D eigenvalue weighted by Gasteiger charge is -2.20. The number of benzene rings is 2. The zero-order valence-electron chi connectivity index (χ0n) is 15.9. The zero-order valence-corrected chi connectivity index (χ0v) is 15.9. The topological polar surface area (TPSA) is 93.9 Å². The van der Waals surface area contributed by atoms with Gasteiger partial charge in [0.05, 0.1) is 18.2 Å². The highest BCUT2D eigenvalue weighted by molar-refractivity contribution is 6.04. The Morgan fingerprint density at radius 1 is 1.18 bits per heavy atom. The molecule has 1 aliphatic heterocycles. The van der Waals surface area contributed by atoms with Gasteiger partial charge in [0.25, 0.3) is 0 Å². The smallest absolute Gasteiger partial charge is 0.229 e. The monoisotopic (exact) mass is 383 g/mol. The minimum atomic E-state index is -0.421. The molecular weight excluding hydrogens is 358 g/mol. The number of para-hydroxylation sites is 2. The summed E-state index contributed by atoms with van der Waals surface area (Å²) in [4.78, 5) is 26.8. The second-order valence-electron chi connectivity index (χ2n) is 6.46. The Labute approximate surface area is 164 Å². The van der Waals surface area contributed by atoms with Crippen LogP contribution in [0.4, 0.5) is 11.4 Å². The standard InChI is InChI=1S/C21H25N3O4/c1-2-27-19-6-4-3-5-18(19)24-14-15(13-20(24)25)21(26)23-16-7-9-17(10-8-16)28-12-11-22/h3-10,15H,2,11-14,22H2,1H3,(H,23,26). The van der Waals surface area contributed by atoms with E-state index >= 15 is 0 Å². The van der Waals surface area contributed by atoms with Gasteiger partial charge in [-0.05, 0) is 43.3 Å². The average Bonchev–Trinajstić information content (AvgIpc) is 3.10. The first kappa shape index (κ1) is 19.7. The lowest BCUT2D eigenvalue weighted by atomic mass is 10.1. The number of nitrogens with zero attached hydrogens (tertiary/aromatic N) is 1. The van der Waals surface area contributed by atoms with Gasteiger partial charge in [-0.25, -0.2) is 0 Å². The largest absolute Gasteiger partial charge is 0.492 e. The van der Waals surface area contributed by atoms with Crippen LogP contribution in [0, 0.1) is 5.92 Å². The summed E-state index contributed by atoms with van der Waals surface area (Å²) in [7, 11) is 0. The molecule has 1 saturated heterocycles. The fourth-order valence-corrected chi connectivity index (χ4v) is 3.13. The van der Waals surface area contributed by atoms with Crippen molar-refractivity contribution in [1.82, 2.24) is 0 Å². The van der Waals surface area contributed by atoms with Gasteiger partial charge in [0, 0.05) is 25.2 Å². The van der Waals surface area contributed by atoms with E-state index in [9.17, 15) is 9.59 Å². The third-order valence-electron chi connectivity index (χ3n) is 4.46. The molecule has 2 aromatic carbocycles. The lowest BCUT2D eigenvalue weighted by Crippen LogP contribution is -2.28. The van der Waals surface area contributed by atoms with Crippen LogP contribution in [0.1, 0.15) is 13.3 Å².